The van der Waals surface area contributed by atoms with Crippen molar-refractivity contribution < 1.29 is 4.79 Å². The summed E-state index contributed by atoms with van der Waals surface area (Å²) in [5.41, 5.74) is 1.01. The molecule has 0 fully saturated rings. The summed E-state index contributed by atoms with van der Waals surface area (Å²) in [6.07, 6.45) is 10.3. The molecule has 0 amide bonds. The summed E-state index contributed by atoms with van der Waals surface area (Å²) in [4.78, 5) is 10.4. The topological polar surface area (TPSA) is 17.1 Å². The van der Waals surface area contributed by atoms with Gasteiger partial charge in [-0.05, 0) is 31.3 Å². The van der Waals surface area contributed by atoms with Crippen LogP contribution in [0.5, 0.6) is 0 Å². The molecule has 0 radical (unpaired) electrons. The van der Waals surface area contributed by atoms with Crippen LogP contribution >= 0.6 is 0 Å². The summed E-state index contributed by atoms with van der Waals surface area (Å²) in [6.45, 7) is 0. The van der Waals surface area contributed by atoms with E-state index in [9.17, 15) is 4.79 Å². The standard InChI is InChI=1S/C9H14O/c10-8-9-6-4-2-1-3-5-7-9/h6,8H,1-5,7H2/b9-6-. The van der Waals surface area contributed by atoms with Gasteiger partial charge in [-0.15, -0.1) is 0 Å². The Balaban J connectivity index is 2.43. The lowest BCUT2D eigenvalue weighted by atomic mass is 10.0. The molecule has 1 aliphatic carbocycles. The van der Waals surface area contributed by atoms with Crippen LogP contribution in [0.3, 0.4) is 0 Å². The van der Waals surface area contributed by atoms with E-state index >= 15 is 0 Å². The molecular weight excluding hydrogens is 124 g/mol. The molecule has 0 N–H and O–H groups in total. The first kappa shape index (κ1) is 7.52. The van der Waals surface area contributed by atoms with E-state index in [0.717, 1.165) is 24.7 Å². The highest BCUT2D eigenvalue weighted by Crippen LogP contribution is 2.14. The number of hydrogen-bond acceptors (Lipinski definition) is 1. The Bertz CT molecular complexity index is 136. The minimum atomic E-state index is 1.00. The molecule has 1 rings (SSSR count). The van der Waals surface area contributed by atoms with Gasteiger partial charge in [0.1, 0.15) is 6.29 Å². The zero-order valence-corrected chi connectivity index (χ0v) is 6.31. The lowest BCUT2D eigenvalue weighted by Gasteiger charge is -2.04. The molecule has 0 spiro atoms. The molecule has 0 saturated carbocycles. The van der Waals surface area contributed by atoms with Crippen molar-refractivity contribution in [2.45, 2.75) is 38.5 Å². The number of aldehydes is 1. The summed E-state index contributed by atoms with van der Waals surface area (Å²) in [5.74, 6) is 0. The van der Waals surface area contributed by atoms with Gasteiger partial charge in [0.15, 0.2) is 0 Å². The molecule has 0 aromatic rings. The fourth-order valence-corrected chi connectivity index (χ4v) is 1.32. The Morgan fingerprint density at radius 2 is 2.00 bits per heavy atom. The van der Waals surface area contributed by atoms with Gasteiger partial charge in [-0.3, -0.25) is 4.79 Å². The number of carbonyl (C=O) groups excluding carboxylic acids is 1. The quantitative estimate of drug-likeness (QED) is 0.509. The first-order valence-electron chi connectivity index (χ1n) is 4.07. The van der Waals surface area contributed by atoms with Gasteiger partial charge < -0.3 is 0 Å². The summed E-state index contributed by atoms with van der Waals surface area (Å²) in [5, 5.41) is 0. The van der Waals surface area contributed by atoms with Crippen molar-refractivity contribution in [3.05, 3.63) is 11.6 Å². The monoisotopic (exact) mass is 138 g/mol. The molecule has 0 aromatic carbocycles. The lowest BCUT2D eigenvalue weighted by molar-refractivity contribution is -0.105. The maximum absolute atomic E-state index is 10.4. The van der Waals surface area contributed by atoms with Crippen molar-refractivity contribution in [2.75, 3.05) is 0 Å². The molecule has 56 valence electrons. The number of hydrogen-bond donors (Lipinski definition) is 0. The van der Waals surface area contributed by atoms with Crippen molar-refractivity contribution >= 4 is 6.29 Å². The normalized spacial score (nSPS) is 25.8. The van der Waals surface area contributed by atoms with Gasteiger partial charge in [-0.1, -0.05) is 18.9 Å². The zero-order valence-electron chi connectivity index (χ0n) is 6.31. The maximum atomic E-state index is 10.4. The summed E-state index contributed by atoms with van der Waals surface area (Å²) < 4.78 is 0. The van der Waals surface area contributed by atoms with Crippen LogP contribution in [-0.4, -0.2) is 6.29 Å². The van der Waals surface area contributed by atoms with Crippen LogP contribution in [0.1, 0.15) is 38.5 Å². The average Bonchev–Trinajstić information content (AvgIpc) is 1.87. The van der Waals surface area contributed by atoms with E-state index in [1.807, 2.05) is 0 Å². The van der Waals surface area contributed by atoms with Crippen molar-refractivity contribution in [3.63, 3.8) is 0 Å². The van der Waals surface area contributed by atoms with Gasteiger partial charge in [-0.2, -0.15) is 0 Å². The van der Waals surface area contributed by atoms with E-state index in [1.54, 1.807) is 0 Å². The smallest absolute Gasteiger partial charge is 0.145 e. The summed E-state index contributed by atoms with van der Waals surface area (Å²) in [7, 11) is 0. The zero-order chi connectivity index (χ0) is 7.23. The average molecular weight is 138 g/mol. The Hall–Kier alpha value is -0.590. The molecule has 0 aromatic heterocycles. The SMILES string of the molecule is O=C/C1=C\CCCCCC1. The molecule has 0 saturated heterocycles. The Morgan fingerprint density at radius 1 is 1.20 bits per heavy atom. The van der Waals surface area contributed by atoms with Crippen molar-refractivity contribution in [1.82, 2.24) is 0 Å². The molecule has 10 heavy (non-hydrogen) atoms. The van der Waals surface area contributed by atoms with Crippen LogP contribution < -0.4 is 0 Å². The predicted octanol–water partition coefficient (Wildman–Crippen LogP) is 2.47. The number of allylic oxidation sites excluding steroid dienone is 2. The third-order valence-corrected chi connectivity index (χ3v) is 1.98. The minimum Gasteiger partial charge on any atom is -0.298 e. The van der Waals surface area contributed by atoms with E-state index in [4.69, 9.17) is 0 Å². The van der Waals surface area contributed by atoms with Gasteiger partial charge in [0.2, 0.25) is 0 Å². The van der Waals surface area contributed by atoms with Crippen LogP contribution in [0.25, 0.3) is 0 Å². The molecule has 1 heteroatoms. The molecule has 1 nitrogen and oxygen atoms in total. The second-order valence-electron chi connectivity index (χ2n) is 2.85. The van der Waals surface area contributed by atoms with E-state index in [-0.39, 0.29) is 0 Å². The van der Waals surface area contributed by atoms with E-state index in [1.165, 1.54) is 25.7 Å². The van der Waals surface area contributed by atoms with Crippen molar-refractivity contribution in [2.24, 2.45) is 0 Å². The minimum absolute atomic E-state index is 1.00. The fourth-order valence-electron chi connectivity index (χ4n) is 1.32. The first-order chi connectivity index (χ1) is 4.93. The molecule has 0 atom stereocenters. The first-order valence-corrected chi connectivity index (χ1v) is 4.07. The Morgan fingerprint density at radius 3 is 2.80 bits per heavy atom. The Kier molecular flexibility index (Phi) is 3.20. The summed E-state index contributed by atoms with van der Waals surface area (Å²) >= 11 is 0. The molecule has 0 heterocycles. The second-order valence-corrected chi connectivity index (χ2v) is 2.85. The number of carbonyl (C=O) groups is 1. The van der Waals surface area contributed by atoms with Crippen LogP contribution in [0.4, 0.5) is 0 Å². The maximum Gasteiger partial charge on any atom is 0.145 e. The number of rotatable bonds is 1. The summed E-state index contributed by atoms with van der Waals surface area (Å²) in [6, 6.07) is 0. The van der Waals surface area contributed by atoms with Crippen molar-refractivity contribution in [3.8, 4) is 0 Å². The van der Waals surface area contributed by atoms with Gasteiger partial charge in [-0.25, -0.2) is 0 Å². The Labute approximate surface area is 62.1 Å². The largest absolute Gasteiger partial charge is 0.298 e. The van der Waals surface area contributed by atoms with Crippen LogP contribution in [0, 0.1) is 0 Å². The van der Waals surface area contributed by atoms with Gasteiger partial charge in [0.25, 0.3) is 0 Å². The van der Waals surface area contributed by atoms with Crippen LogP contribution in [0.2, 0.25) is 0 Å². The lowest BCUT2D eigenvalue weighted by Crippen LogP contribution is -1.90. The second kappa shape index (κ2) is 4.26. The molecule has 0 unspecified atom stereocenters. The molecule has 0 bridgehead atoms. The van der Waals surface area contributed by atoms with E-state index < -0.39 is 0 Å². The predicted molar refractivity (Wildman–Crippen MR) is 41.8 cm³/mol. The van der Waals surface area contributed by atoms with E-state index in [0.29, 0.717) is 0 Å². The molecule has 1 aliphatic rings. The highest BCUT2D eigenvalue weighted by Gasteiger charge is 1.99. The molecular formula is C9H14O. The highest BCUT2D eigenvalue weighted by molar-refractivity contribution is 5.72. The van der Waals surface area contributed by atoms with Crippen LogP contribution in [0.15, 0.2) is 11.6 Å². The van der Waals surface area contributed by atoms with Gasteiger partial charge >= 0.3 is 0 Å². The highest BCUT2D eigenvalue weighted by atomic mass is 16.1. The van der Waals surface area contributed by atoms with Crippen molar-refractivity contribution in [1.29, 1.82) is 0 Å². The fraction of sp³-hybridized carbons (Fsp3) is 0.667. The van der Waals surface area contributed by atoms with Crippen LogP contribution in [-0.2, 0) is 4.79 Å². The van der Waals surface area contributed by atoms with E-state index in [2.05, 4.69) is 6.08 Å². The van der Waals surface area contributed by atoms with Gasteiger partial charge in [0.05, 0.1) is 0 Å². The third-order valence-electron chi connectivity index (χ3n) is 1.98. The molecule has 0 aliphatic heterocycles. The third kappa shape index (κ3) is 2.34. The van der Waals surface area contributed by atoms with Gasteiger partial charge in [0, 0.05) is 0 Å².